The van der Waals surface area contributed by atoms with Crippen LogP contribution in [0, 0.1) is 12.8 Å². The Balaban J connectivity index is 2.89. The predicted octanol–water partition coefficient (Wildman–Crippen LogP) is 0.860. The molecule has 5 nitrogen and oxygen atoms in total. The summed E-state index contributed by atoms with van der Waals surface area (Å²) in [7, 11) is 0. The highest BCUT2D eigenvalue weighted by Gasteiger charge is 2.13. The van der Waals surface area contributed by atoms with Crippen LogP contribution >= 0.6 is 0 Å². The van der Waals surface area contributed by atoms with Crippen molar-refractivity contribution < 1.29 is 15.0 Å². The van der Waals surface area contributed by atoms with Gasteiger partial charge in [0.2, 0.25) is 5.91 Å². The molecule has 0 spiro atoms. The van der Waals surface area contributed by atoms with Gasteiger partial charge in [0.25, 0.3) is 0 Å². The Kier molecular flexibility index (Phi) is 4.45. The lowest BCUT2D eigenvalue weighted by Gasteiger charge is -2.13. The van der Waals surface area contributed by atoms with Gasteiger partial charge in [-0.15, -0.1) is 0 Å². The molecule has 0 atom stereocenters. The van der Waals surface area contributed by atoms with Crippen molar-refractivity contribution in [2.24, 2.45) is 5.92 Å². The fourth-order valence-corrected chi connectivity index (χ4v) is 1.40. The number of aliphatic hydroxyl groups is 1. The summed E-state index contributed by atoms with van der Waals surface area (Å²) in [6, 6.07) is 0. The minimum atomic E-state index is -0.215. The highest BCUT2D eigenvalue weighted by Crippen LogP contribution is 2.23. The van der Waals surface area contributed by atoms with Gasteiger partial charge in [0.1, 0.15) is 5.75 Å². The molecule has 0 aliphatic carbocycles. The van der Waals surface area contributed by atoms with Crippen LogP contribution in [0.5, 0.6) is 5.75 Å². The molecule has 1 heterocycles. The van der Waals surface area contributed by atoms with Gasteiger partial charge in [-0.05, 0) is 6.92 Å². The molecule has 17 heavy (non-hydrogen) atoms. The van der Waals surface area contributed by atoms with Gasteiger partial charge in [-0.3, -0.25) is 9.78 Å². The molecule has 0 unspecified atom stereocenters. The van der Waals surface area contributed by atoms with Crippen molar-refractivity contribution in [3.63, 3.8) is 0 Å². The van der Waals surface area contributed by atoms with Crippen LogP contribution in [0.4, 0.5) is 0 Å². The Morgan fingerprint density at radius 1 is 1.53 bits per heavy atom. The maximum atomic E-state index is 11.4. The third-order valence-electron chi connectivity index (χ3n) is 2.56. The van der Waals surface area contributed by atoms with E-state index in [2.05, 4.69) is 10.3 Å². The van der Waals surface area contributed by atoms with Crippen LogP contribution < -0.4 is 5.32 Å². The highest BCUT2D eigenvalue weighted by molar-refractivity contribution is 5.77. The van der Waals surface area contributed by atoms with Crippen LogP contribution in [-0.2, 0) is 17.9 Å². The maximum absolute atomic E-state index is 11.4. The lowest BCUT2D eigenvalue weighted by Crippen LogP contribution is -2.27. The molecular formula is C12H18N2O3. The standard InChI is InChI=1S/C12H18N2O3/c1-7(2)12(17)14-5-10-9(6-15)4-13-8(3)11(10)16/h4,7,15-16H,5-6H2,1-3H3,(H,14,17). The molecule has 0 aliphatic heterocycles. The second kappa shape index (κ2) is 5.63. The fraction of sp³-hybridized carbons (Fsp3) is 0.500. The molecule has 0 aliphatic rings. The van der Waals surface area contributed by atoms with Gasteiger partial charge in [-0.25, -0.2) is 0 Å². The molecule has 0 fully saturated rings. The van der Waals surface area contributed by atoms with E-state index in [0.717, 1.165) is 0 Å². The second-order valence-electron chi connectivity index (χ2n) is 4.23. The molecule has 3 N–H and O–H groups in total. The predicted molar refractivity (Wildman–Crippen MR) is 63.2 cm³/mol. The van der Waals surface area contributed by atoms with Crippen LogP contribution in [0.2, 0.25) is 0 Å². The minimum Gasteiger partial charge on any atom is -0.506 e. The molecule has 0 saturated carbocycles. The SMILES string of the molecule is Cc1ncc(CO)c(CNC(=O)C(C)C)c1O. The van der Waals surface area contributed by atoms with Crippen LogP contribution in [0.3, 0.4) is 0 Å². The van der Waals surface area contributed by atoms with Crippen molar-refractivity contribution in [3.8, 4) is 5.75 Å². The summed E-state index contributed by atoms with van der Waals surface area (Å²) in [4.78, 5) is 15.4. The average molecular weight is 238 g/mol. The number of aromatic hydroxyl groups is 1. The molecule has 5 heteroatoms. The first-order valence-corrected chi connectivity index (χ1v) is 5.52. The summed E-state index contributed by atoms with van der Waals surface area (Å²) in [5.74, 6) is -0.180. The summed E-state index contributed by atoms with van der Waals surface area (Å²) in [5, 5.41) is 21.7. The van der Waals surface area contributed by atoms with Crippen molar-refractivity contribution >= 4 is 5.91 Å². The summed E-state index contributed by atoms with van der Waals surface area (Å²) in [6.07, 6.45) is 1.51. The van der Waals surface area contributed by atoms with Crippen LogP contribution in [0.15, 0.2) is 6.20 Å². The zero-order valence-electron chi connectivity index (χ0n) is 10.3. The Morgan fingerprint density at radius 2 is 2.18 bits per heavy atom. The minimum absolute atomic E-state index is 0.0283. The van der Waals surface area contributed by atoms with Crippen LogP contribution in [0.25, 0.3) is 0 Å². The second-order valence-corrected chi connectivity index (χ2v) is 4.23. The Hall–Kier alpha value is -1.62. The fourth-order valence-electron chi connectivity index (χ4n) is 1.40. The summed E-state index contributed by atoms with van der Waals surface area (Å²) >= 11 is 0. The third kappa shape index (κ3) is 3.17. The first kappa shape index (κ1) is 13.4. The van der Waals surface area contributed by atoms with E-state index in [9.17, 15) is 9.90 Å². The van der Waals surface area contributed by atoms with E-state index in [1.54, 1.807) is 20.8 Å². The quantitative estimate of drug-likeness (QED) is 0.726. The number of aliphatic hydroxyl groups excluding tert-OH is 1. The molecule has 1 aromatic heterocycles. The van der Waals surface area contributed by atoms with E-state index >= 15 is 0 Å². The Bertz CT molecular complexity index is 416. The number of pyridine rings is 1. The van der Waals surface area contributed by atoms with E-state index in [0.29, 0.717) is 16.8 Å². The maximum Gasteiger partial charge on any atom is 0.222 e. The molecule has 0 aromatic carbocycles. The lowest BCUT2D eigenvalue weighted by atomic mass is 10.1. The number of nitrogens with one attached hydrogen (secondary N) is 1. The monoisotopic (exact) mass is 238 g/mol. The first-order chi connectivity index (χ1) is 7.97. The zero-order chi connectivity index (χ0) is 13.0. The topological polar surface area (TPSA) is 82.5 Å². The number of hydrogen-bond acceptors (Lipinski definition) is 4. The number of amides is 1. The van der Waals surface area contributed by atoms with Gasteiger partial charge in [-0.2, -0.15) is 0 Å². The third-order valence-corrected chi connectivity index (χ3v) is 2.56. The van der Waals surface area contributed by atoms with Crippen LogP contribution in [0.1, 0.15) is 30.7 Å². The van der Waals surface area contributed by atoms with E-state index in [4.69, 9.17) is 5.11 Å². The summed E-state index contributed by atoms with van der Waals surface area (Å²) in [5.41, 5.74) is 1.53. The number of hydrogen-bond donors (Lipinski definition) is 3. The number of aryl methyl sites for hydroxylation is 1. The van der Waals surface area contributed by atoms with Crippen molar-refractivity contribution in [3.05, 3.63) is 23.0 Å². The lowest BCUT2D eigenvalue weighted by molar-refractivity contribution is -0.124. The smallest absolute Gasteiger partial charge is 0.222 e. The van der Waals surface area contributed by atoms with Crippen molar-refractivity contribution in [1.29, 1.82) is 0 Å². The summed E-state index contributed by atoms with van der Waals surface area (Å²) in [6.45, 7) is 5.24. The van der Waals surface area contributed by atoms with Gasteiger partial charge in [0.15, 0.2) is 0 Å². The number of nitrogens with zero attached hydrogens (tertiary/aromatic N) is 1. The Labute approximate surface area is 101 Å². The van der Waals surface area contributed by atoms with Gasteiger partial charge in [0.05, 0.1) is 12.3 Å². The van der Waals surface area contributed by atoms with Gasteiger partial charge in [-0.1, -0.05) is 13.8 Å². The molecule has 0 saturated heterocycles. The number of aromatic nitrogens is 1. The molecule has 1 rings (SSSR count). The molecule has 0 radical (unpaired) electrons. The zero-order valence-corrected chi connectivity index (χ0v) is 10.3. The molecule has 94 valence electrons. The average Bonchev–Trinajstić information content (AvgIpc) is 2.30. The first-order valence-electron chi connectivity index (χ1n) is 5.52. The number of carbonyl (C=O) groups excluding carboxylic acids is 1. The normalized spacial score (nSPS) is 10.6. The highest BCUT2D eigenvalue weighted by atomic mass is 16.3. The van der Waals surface area contributed by atoms with Gasteiger partial charge in [0, 0.05) is 29.8 Å². The molecule has 1 amide bonds. The molecular weight excluding hydrogens is 220 g/mol. The Morgan fingerprint density at radius 3 is 2.71 bits per heavy atom. The van der Waals surface area contributed by atoms with Crippen LogP contribution in [-0.4, -0.2) is 21.1 Å². The van der Waals surface area contributed by atoms with Gasteiger partial charge < -0.3 is 15.5 Å². The number of carbonyl (C=O) groups is 1. The largest absolute Gasteiger partial charge is 0.506 e. The molecule has 0 bridgehead atoms. The van der Waals surface area contributed by atoms with E-state index < -0.39 is 0 Å². The van der Waals surface area contributed by atoms with E-state index in [1.165, 1.54) is 6.20 Å². The molecule has 1 aromatic rings. The van der Waals surface area contributed by atoms with Crippen molar-refractivity contribution in [1.82, 2.24) is 10.3 Å². The van der Waals surface area contributed by atoms with Gasteiger partial charge >= 0.3 is 0 Å². The van der Waals surface area contributed by atoms with E-state index in [-0.39, 0.29) is 30.7 Å². The van der Waals surface area contributed by atoms with E-state index in [1.807, 2.05) is 0 Å². The van der Waals surface area contributed by atoms with Crippen molar-refractivity contribution in [2.45, 2.75) is 33.9 Å². The number of rotatable bonds is 4. The summed E-state index contributed by atoms with van der Waals surface area (Å²) < 4.78 is 0. The van der Waals surface area contributed by atoms with Crippen molar-refractivity contribution in [2.75, 3.05) is 0 Å².